The van der Waals surface area contributed by atoms with E-state index in [4.69, 9.17) is 10.5 Å². The summed E-state index contributed by atoms with van der Waals surface area (Å²) in [6.45, 7) is -0.318. The maximum Gasteiger partial charge on any atom is 0.391 e. The SMILES string of the molecule is Nc1cccc(COCCC(F)(F)F)n1. The molecule has 0 amide bonds. The molecule has 1 aromatic heterocycles. The van der Waals surface area contributed by atoms with Crippen LogP contribution in [0.3, 0.4) is 0 Å². The number of anilines is 1. The van der Waals surface area contributed by atoms with Crippen molar-refractivity contribution in [3.8, 4) is 0 Å². The van der Waals surface area contributed by atoms with Crippen LogP contribution in [-0.2, 0) is 11.3 Å². The minimum absolute atomic E-state index is 0.0428. The molecule has 2 N–H and O–H groups in total. The number of hydrogen-bond donors (Lipinski definition) is 1. The summed E-state index contributed by atoms with van der Waals surface area (Å²) >= 11 is 0. The first-order chi connectivity index (χ1) is 6.97. The van der Waals surface area contributed by atoms with Gasteiger partial charge in [0.1, 0.15) is 5.82 Å². The zero-order valence-corrected chi connectivity index (χ0v) is 7.92. The minimum Gasteiger partial charge on any atom is -0.384 e. The number of rotatable bonds is 4. The van der Waals surface area contributed by atoms with Crippen LogP contribution in [0.4, 0.5) is 19.0 Å². The van der Waals surface area contributed by atoms with Crippen molar-refractivity contribution in [2.75, 3.05) is 12.3 Å². The molecule has 0 spiro atoms. The highest BCUT2D eigenvalue weighted by Crippen LogP contribution is 2.19. The van der Waals surface area contributed by atoms with E-state index >= 15 is 0 Å². The predicted molar refractivity (Wildman–Crippen MR) is 49.0 cm³/mol. The fourth-order valence-corrected chi connectivity index (χ4v) is 0.943. The highest BCUT2D eigenvalue weighted by atomic mass is 19.4. The van der Waals surface area contributed by atoms with Crippen molar-refractivity contribution in [2.45, 2.75) is 19.2 Å². The second kappa shape index (κ2) is 4.97. The Morgan fingerprint density at radius 2 is 2.07 bits per heavy atom. The average molecular weight is 220 g/mol. The third-order valence-electron chi connectivity index (χ3n) is 1.61. The van der Waals surface area contributed by atoms with E-state index in [-0.39, 0.29) is 13.2 Å². The molecule has 0 aromatic carbocycles. The normalized spacial score (nSPS) is 11.7. The minimum atomic E-state index is -4.18. The zero-order chi connectivity index (χ0) is 11.3. The monoisotopic (exact) mass is 220 g/mol. The van der Waals surface area contributed by atoms with Gasteiger partial charge in [-0.25, -0.2) is 4.98 Å². The number of hydrogen-bond acceptors (Lipinski definition) is 3. The van der Waals surface area contributed by atoms with E-state index in [0.29, 0.717) is 11.5 Å². The number of nitrogen functional groups attached to an aromatic ring is 1. The van der Waals surface area contributed by atoms with Crippen molar-refractivity contribution in [1.82, 2.24) is 4.98 Å². The highest BCUT2D eigenvalue weighted by Gasteiger charge is 2.26. The molecule has 0 saturated heterocycles. The largest absolute Gasteiger partial charge is 0.391 e. The smallest absolute Gasteiger partial charge is 0.384 e. The first-order valence-electron chi connectivity index (χ1n) is 4.33. The van der Waals surface area contributed by atoms with Crippen molar-refractivity contribution < 1.29 is 17.9 Å². The van der Waals surface area contributed by atoms with Crippen molar-refractivity contribution in [3.05, 3.63) is 23.9 Å². The molecule has 1 heterocycles. The molecule has 15 heavy (non-hydrogen) atoms. The second-order valence-corrected chi connectivity index (χ2v) is 2.97. The van der Waals surface area contributed by atoms with Crippen LogP contribution in [0, 0.1) is 0 Å². The van der Waals surface area contributed by atoms with Gasteiger partial charge < -0.3 is 10.5 Å². The van der Waals surface area contributed by atoms with Crippen molar-refractivity contribution in [1.29, 1.82) is 0 Å². The van der Waals surface area contributed by atoms with Crippen molar-refractivity contribution in [2.24, 2.45) is 0 Å². The Hall–Kier alpha value is -1.30. The number of halogens is 3. The molecule has 0 fully saturated rings. The molecule has 0 unspecified atom stereocenters. The quantitative estimate of drug-likeness (QED) is 0.791. The topological polar surface area (TPSA) is 48.1 Å². The summed E-state index contributed by atoms with van der Waals surface area (Å²) in [4.78, 5) is 3.88. The summed E-state index contributed by atoms with van der Waals surface area (Å²) in [5, 5.41) is 0. The Morgan fingerprint density at radius 3 is 2.67 bits per heavy atom. The third kappa shape index (κ3) is 5.21. The van der Waals surface area contributed by atoms with E-state index < -0.39 is 12.6 Å². The molecule has 0 atom stereocenters. The Morgan fingerprint density at radius 1 is 1.33 bits per heavy atom. The van der Waals surface area contributed by atoms with E-state index in [1.54, 1.807) is 18.2 Å². The van der Waals surface area contributed by atoms with Crippen LogP contribution in [0.1, 0.15) is 12.1 Å². The van der Waals surface area contributed by atoms with Gasteiger partial charge in [-0.3, -0.25) is 0 Å². The first-order valence-corrected chi connectivity index (χ1v) is 4.33. The number of aromatic nitrogens is 1. The lowest BCUT2D eigenvalue weighted by Gasteiger charge is -2.06. The van der Waals surface area contributed by atoms with E-state index in [0.717, 1.165) is 0 Å². The molecule has 6 heteroatoms. The lowest BCUT2D eigenvalue weighted by Crippen LogP contribution is -2.11. The van der Waals surface area contributed by atoms with E-state index in [2.05, 4.69) is 4.98 Å². The molecule has 3 nitrogen and oxygen atoms in total. The maximum absolute atomic E-state index is 11.7. The molecule has 0 aliphatic carbocycles. The molecule has 1 aromatic rings. The standard InChI is InChI=1S/C9H11F3N2O/c10-9(11,12)4-5-15-6-7-2-1-3-8(13)14-7/h1-3H,4-6H2,(H2,13,14). The van der Waals surface area contributed by atoms with Gasteiger partial charge in [-0.05, 0) is 12.1 Å². The summed E-state index contributed by atoms with van der Waals surface area (Å²) in [5.41, 5.74) is 5.91. The third-order valence-corrected chi connectivity index (χ3v) is 1.61. The molecule has 1 rings (SSSR count). The lowest BCUT2D eigenvalue weighted by molar-refractivity contribution is -0.146. The van der Waals surface area contributed by atoms with Gasteiger partial charge in [0.25, 0.3) is 0 Å². The van der Waals surface area contributed by atoms with Gasteiger partial charge in [0.05, 0.1) is 25.3 Å². The fourth-order valence-electron chi connectivity index (χ4n) is 0.943. The molecule has 0 saturated carbocycles. The molecular weight excluding hydrogens is 209 g/mol. The Kier molecular flexibility index (Phi) is 3.90. The number of ether oxygens (including phenoxy) is 1. The molecule has 0 radical (unpaired) electrons. The summed E-state index contributed by atoms with van der Waals surface area (Å²) in [6.07, 6.45) is -5.13. The summed E-state index contributed by atoms with van der Waals surface area (Å²) in [6, 6.07) is 4.91. The van der Waals surface area contributed by atoms with Crippen LogP contribution < -0.4 is 5.73 Å². The van der Waals surface area contributed by atoms with E-state index in [1.165, 1.54) is 0 Å². The molecule has 0 aliphatic rings. The summed E-state index contributed by atoms with van der Waals surface area (Å²) < 4.78 is 40.0. The van der Waals surface area contributed by atoms with E-state index in [9.17, 15) is 13.2 Å². The Balaban J connectivity index is 2.26. The van der Waals surface area contributed by atoms with Gasteiger partial charge in [-0.15, -0.1) is 0 Å². The van der Waals surface area contributed by atoms with Crippen LogP contribution in [0.15, 0.2) is 18.2 Å². The predicted octanol–water partition coefficient (Wildman–Crippen LogP) is 2.13. The molecule has 0 bridgehead atoms. The van der Waals surface area contributed by atoms with Crippen LogP contribution in [0.5, 0.6) is 0 Å². The zero-order valence-electron chi connectivity index (χ0n) is 7.92. The number of pyridine rings is 1. The van der Waals surface area contributed by atoms with Crippen LogP contribution >= 0.6 is 0 Å². The fraction of sp³-hybridized carbons (Fsp3) is 0.444. The van der Waals surface area contributed by atoms with Gasteiger partial charge in [0.15, 0.2) is 0 Å². The van der Waals surface area contributed by atoms with Crippen LogP contribution in [-0.4, -0.2) is 17.8 Å². The Labute approximate surface area is 85.1 Å². The van der Waals surface area contributed by atoms with Gasteiger partial charge in [0, 0.05) is 0 Å². The van der Waals surface area contributed by atoms with Gasteiger partial charge in [-0.1, -0.05) is 6.07 Å². The van der Waals surface area contributed by atoms with Crippen molar-refractivity contribution >= 4 is 5.82 Å². The average Bonchev–Trinajstić information content (AvgIpc) is 2.11. The number of nitrogens with two attached hydrogens (primary N) is 1. The van der Waals surface area contributed by atoms with Crippen LogP contribution in [0.2, 0.25) is 0 Å². The maximum atomic E-state index is 11.7. The summed E-state index contributed by atoms with van der Waals surface area (Å²) in [5.74, 6) is 0.326. The van der Waals surface area contributed by atoms with Gasteiger partial charge in [-0.2, -0.15) is 13.2 Å². The number of alkyl halides is 3. The first kappa shape index (κ1) is 11.8. The molecular formula is C9H11F3N2O. The second-order valence-electron chi connectivity index (χ2n) is 2.97. The highest BCUT2D eigenvalue weighted by molar-refractivity contribution is 5.28. The van der Waals surface area contributed by atoms with E-state index in [1.807, 2.05) is 0 Å². The molecule has 0 aliphatic heterocycles. The Bertz CT molecular complexity index is 314. The van der Waals surface area contributed by atoms with Crippen molar-refractivity contribution in [3.63, 3.8) is 0 Å². The molecule has 84 valence electrons. The summed E-state index contributed by atoms with van der Waals surface area (Å²) in [7, 11) is 0. The van der Waals surface area contributed by atoms with Gasteiger partial charge >= 0.3 is 6.18 Å². The number of nitrogens with zero attached hydrogens (tertiary/aromatic N) is 1. The van der Waals surface area contributed by atoms with Gasteiger partial charge in [0.2, 0.25) is 0 Å². The van der Waals surface area contributed by atoms with Crippen LogP contribution in [0.25, 0.3) is 0 Å². The lowest BCUT2D eigenvalue weighted by atomic mass is 10.3.